The zero-order valence-electron chi connectivity index (χ0n) is 11.3. The average molecular weight is 282 g/mol. The van der Waals surface area contributed by atoms with Gasteiger partial charge in [0.25, 0.3) is 0 Å². The van der Waals surface area contributed by atoms with Crippen LogP contribution in [0.25, 0.3) is 0 Å². The van der Waals surface area contributed by atoms with Gasteiger partial charge < -0.3 is 10.2 Å². The molecule has 106 valence electrons. The van der Waals surface area contributed by atoms with Crippen LogP contribution in [0.1, 0.15) is 17.3 Å². The monoisotopic (exact) mass is 282 g/mol. The number of carbonyl (C=O) groups is 2. The minimum Gasteiger partial charge on any atom is -0.345 e. The smallest absolute Gasteiger partial charge is 0.247 e. The fourth-order valence-electron chi connectivity index (χ4n) is 2.38. The molecule has 6 nitrogen and oxygen atoms in total. The van der Waals surface area contributed by atoms with Gasteiger partial charge in [0.15, 0.2) is 0 Å². The number of nitrogens with zero attached hydrogens (tertiary/aromatic N) is 3. The molecule has 21 heavy (non-hydrogen) atoms. The van der Waals surface area contributed by atoms with Crippen LogP contribution in [0, 0.1) is 0 Å². The van der Waals surface area contributed by atoms with Gasteiger partial charge in [-0.25, -0.2) is 9.97 Å². The zero-order valence-corrected chi connectivity index (χ0v) is 11.3. The van der Waals surface area contributed by atoms with Gasteiger partial charge in [-0.3, -0.25) is 9.59 Å². The molecule has 1 aliphatic heterocycles. The molecule has 2 heterocycles. The Balaban J connectivity index is 1.93. The molecule has 0 radical (unpaired) electrons. The third-order valence-electron chi connectivity index (χ3n) is 3.39. The van der Waals surface area contributed by atoms with E-state index in [2.05, 4.69) is 15.3 Å². The van der Waals surface area contributed by atoms with Crippen molar-refractivity contribution < 1.29 is 9.59 Å². The van der Waals surface area contributed by atoms with E-state index in [-0.39, 0.29) is 24.9 Å². The second kappa shape index (κ2) is 5.70. The van der Waals surface area contributed by atoms with Crippen molar-refractivity contribution in [3.8, 4) is 0 Å². The first-order valence-corrected chi connectivity index (χ1v) is 6.63. The molecule has 0 spiro atoms. The Morgan fingerprint density at radius 1 is 1.19 bits per heavy atom. The normalized spacial score (nSPS) is 18.5. The Morgan fingerprint density at radius 2 is 2.00 bits per heavy atom. The topological polar surface area (TPSA) is 75.2 Å². The summed E-state index contributed by atoms with van der Waals surface area (Å²) in [5.41, 5.74) is 1.49. The van der Waals surface area contributed by atoms with Crippen LogP contribution in [0.2, 0.25) is 0 Å². The Morgan fingerprint density at radius 3 is 2.71 bits per heavy atom. The lowest BCUT2D eigenvalue weighted by Crippen LogP contribution is -2.53. The highest BCUT2D eigenvalue weighted by Crippen LogP contribution is 2.25. The predicted octanol–water partition coefficient (Wildman–Crippen LogP) is 0.676. The largest absolute Gasteiger partial charge is 0.345 e. The summed E-state index contributed by atoms with van der Waals surface area (Å²) in [4.78, 5) is 33.9. The van der Waals surface area contributed by atoms with Crippen molar-refractivity contribution in [2.75, 3.05) is 6.54 Å². The van der Waals surface area contributed by atoms with Crippen molar-refractivity contribution in [1.29, 1.82) is 0 Å². The third-order valence-corrected chi connectivity index (χ3v) is 3.39. The van der Waals surface area contributed by atoms with Gasteiger partial charge >= 0.3 is 0 Å². The second-order valence-corrected chi connectivity index (χ2v) is 4.75. The van der Waals surface area contributed by atoms with E-state index in [4.69, 9.17) is 0 Å². The van der Waals surface area contributed by atoms with E-state index >= 15 is 0 Å². The quantitative estimate of drug-likeness (QED) is 0.898. The first-order valence-electron chi connectivity index (χ1n) is 6.63. The lowest BCUT2D eigenvalue weighted by atomic mass is 10.0. The van der Waals surface area contributed by atoms with Gasteiger partial charge in [-0.1, -0.05) is 30.3 Å². The van der Waals surface area contributed by atoms with Gasteiger partial charge in [-0.15, -0.1) is 0 Å². The van der Waals surface area contributed by atoms with E-state index in [1.54, 1.807) is 17.2 Å². The van der Waals surface area contributed by atoms with Crippen molar-refractivity contribution in [2.45, 2.75) is 12.6 Å². The number of piperazine rings is 1. The lowest BCUT2D eigenvalue weighted by molar-refractivity contribution is -0.146. The first-order chi connectivity index (χ1) is 10.3. The summed E-state index contributed by atoms with van der Waals surface area (Å²) in [5, 5.41) is 2.63. The standard InChI is InChI=1S/C15H14N4O2/c20-13-8-17-15(21)14(11-4-2-1-3-5-11)19(13)9-12-6-7-16-10-18-12/h1-7,10,14H,8-9H2,(H,17,21). The Bertz CT molecular complexity index is 645. The number of benzene rings is 1. The van der Waals surface area contributed by atoms with Gasteiger partial charge in [-0.2, -0.15) is 0 Å². The van der Waals surface area contributed by atoms with Gasteiger partial charge in [0.2, 0.25) is 11.8 Å². The molecule has 1 atom stereocenters. The van der Waals surface area contributed by atoms with E-state index in [0.29, 0.717) is 5.69 Å². The number of carbonyl (C=O) groups excluding carboxylic acids is 2. The van der Waals surface area contributed by atoms with Gasteiger partial charge in [0, 0.05) is 6.20 Å². The molecule has 3 rings (SSSR count). The maximum Gasteiger partial charge on any atom is 0.247 e. The van der Waals surface area contributed by atoms with Crippen molar-refractivity contribution in [3.63, 3.8) is 0 Å². The molecule has 1 N–H and O–H groups in total. The molecule has 1 aromatic heterocycles. The fourth-order valence-corrected chi connectivity index (χ4v) is 2.38. The Kier molecular flexibility index (Phi) is 3.59. The van der Waals surface area contributed by atoms with Gasteiger partial charge in [0.1, 0.15) is 12.4 Å². The first kappa shape index (κ1) is 13.2. The third kappa shape index (κ3) is 2.74. The number of hydrogen-bond acceptors (Lipinski definition) is 4. The molecule has 2 amide bonds. The molecule has 2 aromatic rings. The van der Waals surface area contributed by atoms with Crippen LogP contribution in [0.4, 0.5) is 0 Å². The van der Waals surface area contributed by atoms with Crippen LogP contribution >= 0.6 is 0 Å². The van der Waals surface area contributed by atoms with E-state index < -0.39 is 6.04 Å². The van der Waals surface area contributed by atoms with Crippen LogP contribution in [0.15, 0.2) is 48.9 Å². The fraction of sp³-hybridized carbons (Fsp3) is 0.200. The summed E-state index contributed by atoms with van der Waals surface area (Å²) < 4.78 is 0. The van der Waals surface area contributed by atoms with Crippen LogP contribution in [-0.4, -0.2) is 33.2 Å². The number of amides is 2. The molecular weight excluding hydrogens is 268 g/mol. The summed E-state index contributed by atoms with van der Waals surface area (Å²) in [6.07, 6.45) is 3.05. The SMILES string of the molecule is O=C1NCC(=O)N(Cc2ccncn2)C1c1ccccc1. The van der Waals surface area contributed by atoms with Gasteiger partial charge in [0.05, 0.1) is 18.8 Å². The van der Waals surface area contributed by atoms with E-state index in [1.807, 2.05) is 30.3 Å². The number of aromatic nitrogens is 2. The highest BCUT2D eigenvalue weighted by molar-refractivity contribution is 5.95. The van der Waals surface area contributed by atoms with Gasteiger partial charge in [-0.05, 0) is 11.6 Å². The molecule has 1 aliphatic rings. The molecular formula is C15H14N4O2. The minimum atomic E-state index is -0.623. The minimum absolute atomic E-state index is 0.0211. The molecule has 1 saturated heterocycles. The van der Waals surface area contributed by atoms with Crippen molar-refractivity contribution in [2.24, 2.45) is 0 Å². The van der Waals surface area contributed by atoms with Crippen LogP contribution in [0.3, 0.4) is 0 Å². The number of nitrogens with one attached hydrogen (secondary N) is 1. The summed E-state index contributed by atoms with van der Waals surface area (Å²) in [6, 6.07) is 10.4. The van der Waals surface area contributed by atoms with E-state index in [1.165, 1.54) is 6.33 Å². The average Bonchev–Trinajstić information content (AvgIpc) is 2.53. The van der Waals surface area contributed by atoms with Crippen molar-refractivity contribution in [3.05, 3.63) is 60.2 Å². The van der Waals surface area contributed by atoms with Crippen LogP contribution in [-0.2, 0) is 16.1 Å². The summed E-state index contributed by atoms with van der Waals surface area (Å²) in [7, 11) is 0. The highest BCUT2D eigenvalue weighted by atomic mass is 16.2. The molecule has 0 aliphatic carbocycles. The maximum absolute atomic E-state index is 12.2. The summed E-state index contributed by atoms with van der Waals surface area (Å²) >= 11 is 0. The molecule has 1 fully saturated rings. The molecule has 6 heteroatoms. The second-order valence-electron chi connectivity index (χ2n) is 4.75. The maximum atomic E-state index is 12.2. The highest BCUT2D eigenvalue weighted by Gasteiger charge is 2.35. The van der Waals surface area contributed by atoms with Crippen molar-refractivity contribution in [1.82, 2.24) is 20.2 Å². The summed E-state index contributed by atoms with van der Waals surface area (Å²) in [5.74, 6) is -0.295. The Hall–Kier alpha value is -2.76. The number of rotatable bonds is 3. The number of hydrogen-bond donors (Lipinski definition) is 1. The lowest BCUT2D eigenvalue weighted by Gasteiger charge is -2.34. The van der Waals surface area contributed by atoms with Crippen LogP contribution in [0.5, 0.6) is 0 Å². The molecule has 1 aromatic carbocycles. The van der Waals surface area contributed by atoms with E-state index in [9.17, 15) is 9.59 Å². The Labute approximate surface area is 121 Å². The van der Waals surface area contributed by atoms with Crippen molar-refractivity contribution >= 4 is 11.8 Å². The molecule has 0 saturated carbocycles. The molecule has 0 bridgehead atoms. The zero-order chi connectivity index (χ0) is 14.7. The van der Waals surface area contributed by atoms with Crippen LogP contribution < -0.4 is 5.32 Å². The molecule has 1 unspecified atom stereocenters. The summed E-state index contributed by atoms with van der Waals surface area (Å²) in [6.45, 7) is 0.307. The van der Waals surface area contributed by atoms with E-state index in [0.717, 1.165) is 5.56 Å². The predicted molar refractivity (Wildman–Crippen MR) is 74.8 cm³/mol.